The molecule has 0 fully saturated rings. The third kappa shape index (κ3) is 4.78. The summed E-state index contributed by atoms with van der Waals surface area (Å²) < 4.78 is 46.3. The number of halogens is 1. The van der Waals surface area contributed by atoms with Crippen LogP contribution < -0.4 is 15.4 Å². The van der Waals surface area contributed by atoms with Crippen molar-refractivity contribution in [1.82, 2.24) is 20.3 Å². The van der Waals surface area contributed by atoms with Crippen molar-refractivity contribution in [2.24, 2.45) is 0 Å². The largest absolute Gasteiger partial charge is 0.506 e. The number of aromatic hydroxyl groups is 1. The summed E-state index contributed by atoms with van der Waals surface area (Å²) in [4.78, 5) is 25.1. The number of fused-ring (bicyclic) bond motifs is 2. The maximum absolute atomic E-state index is 13.7. The number of nitrogens with one attached hydrogen (secondary N) is 2. The standard InChI is InChI=1S/C30H25FN6O5S/c1-33-30(39)26-19-12-17(20-8-9-24(38)27(36-20)22-13-18-21(35-22)10-11-34-29(18)32)23(37(2)43(3,40)41)14-25(19)42-28(26)15-4-6-16(31)7-5-15/h4-14,35,38H,1-3H3,(H2,32,34)(H,33,39). The number of hydrogen-bond acceptors (Lipinski definition) is 8. The number of nitrogens with two attached hydrogens (primary N) is 1. The van der Waals surface area contributed by atoms with Crippen molar-refractivity contribution in [2.75, 3.05) is 30.4 Å². The van der Waals surface area contributed by atoms with Gasteiger partial charge in [0.2, 0.25) is 10.0 Å². The molecule has 0 saturated carbocycles. The SMILES string of the molecule is CNC(=O)c1c(-c2ccc(F)cc2)oc2cc(N(C)S(C)(=O)=O)c(-c3ccc(O)c(-c4cc5c(N)nccc5[nH]4)n3)cc12. The zero-order chi connectivity index (χ0) is 30.6. The van der Waals surface area contributed by atoms with Crippen LogP contribution in [0.4, 0.5) is 15.9 Å². The van der Waals surface area contributed by atoms with Gasteiger partial charge in [-0.3, -0.25) is 9.10 Å². The Morgan fingerprint density at radius 1 is 1.09 bits per heavy atom. The summed E-state index contributed by atoms with van der Waals surface area (Å²) in [6, 6.07) is 15.0. The molecule has 0 unspecified atom stereocenters. The molecule has 6 rings (SSSR count). The van der Waals surface area contributed by atoms with Crippen LogP contribution >= 0.6 is 0 Å². The molecule has 0 aliphatic carbocycles. The molecule has 1 amide bonds. The fraction of sp³-hybridized carbons (Fsp3) is 0.100. The van der Waals surface area contributed by atoms with Crippen LogP contribution in [0.2, 0.25) is 0 Å². The predicted octanol–water partition coefficient (Wildman–Crippen LogP) is 4.89. The summed E-state index contributed by atoms with van der Waals surface area (Å²) in [5.41, 5.74) is 9.07. The Morgan fingerprint density at radius 3 is 2.51 bits per heavy atom. The maximum atomic E-state index is 13.7. The summed E-state index contributed by atoms with van der Waals surface area (Å²) in [6.07, 6.45) is 2.61. The lowest BCUT2D eigenvalue weighted by molar-refractivity contribution is 0.0964. The van der Waals surface area contributed by atoms with E-state index in [1.54, 1.807) is 30.5 Å². The Balaban J connectivity index is 1.63. The van der Waals surface area contributed by atoms with Crippen molar-refractivity contribution in [3.05, 3.63) is 78.2 Å². The van der Waals surface area contributed by atoms with E-state index in [1.807, 2.05) is 0 Å². The number of anilines is 2. The fourth-order valence-electron chi connectivity index (χ4n) is 4.93. The minimum absolute atomic E-state index is 0.131. The molecule has 4 aromatic heterocycles. The van der Waals surface area contributed by atoms with Crippen molar-refractivity contribution in [3.8, 4) is 39.7 Å². The molecule has 0 aliphatic heterocycles. The number of H-pyrrole nitrogens is 1. The first kappa shape index (κ1) is 27.7. The quantitative estimate of drug-likeness (QED) is 0.210. The Kier molecular flexibility index (Phi) is 6.53. The minimum Gasteiger partial charge on any atom is -0.506 e. The van der Waals surface area contributed by atoms with Gasteiger partial charge in [-0.05, 0) is 54.6 Å². The Labute approximate surface area is 244 Å². The summed E-state index contributed by atoms with van der Waals surface area (Å²) in [7, 11) is -0.904. The highest BCUT2D eigenvalue weighted by Gasteiger charge is 2.27. The fourth-order valence-corrected chi connectivity index (χ4v) is 5.44. The van der Waals surface area contributed by atoms with Gasteiger partial charge in [0.15, 0.2) is 0 Å². The molecule has 0 atom stereocenters. The molecule has 2 aromatic carbocycles. The number of amides is 1. The highest BCUT2D eigenvalue weighted by Crippen LogP contribution is 2.42. The number of sulfonamides is 1. The molecule has 0 spiro atoms. The average molecular weight is 601 g/mol. The second-order valence-corrected chi connectivity index (χ2v) is 11.9. The van der Waals surface area contributed by atoms with Crippen LogP contribution in [0.25, 0.3) is 55.8 Å². The molecule has 0 radical (unpaired) electrons. The molecular weight excluding hydrogens is 575 g/mol. The van der Waals surface area contributed by atoms with Crippen LogP contribution in [0, 0.1) is 5.82 Å². The first-order chi connectivity index (χ1) is 20.5. The molecule has 218 valence electrons. The molecule has 6 aromatic rings. The van der Waals surface area contributed by atoms with Crippen molar-refractivity contribution in [2.45, 2.75) is 0 Å². The third-order valence-corrected chi connectivity index (χ3v) is 8.38. The van der Waals surface area contributed by atoms with Crippen molar-refractivity contribution >= 4 is 49.3 Å². The van der Waals surface area contributed by atoms with Gasteiger partial charge in [-0.2, -0.15) is 0 Å². The van der Waals surface area contributed by atoms with Gasteiger partial charge in [-0.1, -0.05) is 0 Å². The topological polar surface area (TPSA) is 167 Å². The number of nitrogen functional groups attached to an aromatic ring is 1. The molecular formula is C30H25FN6O5S. The van der Waals surface area contributed by atoms with Crippen LogP contribution in [0.15, 0.2) is 71.3 Å². The number of benzene rings is 2. The maximum Gasteiger partial charge on any atom is 0.255 e. The van der Waals surface area contributed by atoms with E-state index in [1.165, 1.54) is 50.5 Å². The zero-order valence-electron chi connectivity index (χ0n) is 23.1. The smallest absolute Gasteiger partial charge is 0.255 e. The number of aromatic amines is 1. The number of aromatic nitrogens is 3. The van der Waals surface area contributed by atoms with Gasteiger partial charge in [0.1, 0.15) is 34.4 Å². The van der Waals surface area contributed by atoms with Gasteiger partial charge < -0.3 is 25.6 Å². The van der Waals surface area contributed by atoms with E-state index in [0.29, 0.717) is 44.6 Å². The summed E-state index contributed by atoms with van der Waals surface area (Å²) >= 11 is 0. The molecule has 4 heterocycles. The monoisotopic (exact) mass is 600 g/mol. The van der Waals surface area contributed by atoms with E-state index in [2.05, 4.69) is 15.3 Å². The lowest BCUT2D eigenvalue weighted by atomic mass is 10.0. The van der Waals surface area contributed by atoms with Gasteiger partial charge in [-0.15, -0.1) is 0 Å². The normalized spacial score (nSPS) is 11.7. The van der Waals surface area contributed by atoms with E-state index in [9.17, 15) is 22.7 Å². The van der Waals surface area contributed by atoms with Crippen LogP contribution in [-0.4, -0.2) is 54.7 Å². The summed E-state index contributed by atoms with van der Waals surface area (Å²) in [5.74, 6) is -0.561. The van der Waals surface area contributed by atoms with Crippen LogP contribution in [0.5, 0.6) is 5.75 Å². The average Bonchev–Trinajstić information content (AvgIpc) is 3.58. The van der Waals surface area contributed by atoms with E-state index in [-0.39, 0.29) is 34.0 Å². The number of rotatable bonds is 6. The molecule has 5 N–H and O–H groups in total. The van der Waals surface area contributed by atoms with E-state index < -0.39 is 21.7 Å². The summed E-state index contributed by atoms with van der Waals surface area (Å²) in [5, 5.41) is 14.4. The first-order valence-electron chi connectivity index (χ1n) is 12.9. The number of nitrogens with zero attached hydrogens (tertiary/aromatic N) is 3. The van der Waals surface area contributed by atoms with E-state index in [4.69, 9.17) is 15.1 Å². The minimum atomic E-state index is -3.76. The van der Waals surface area contributed by atoms with Crippen molar-refractivity contribution in [3.63, 3.8) is 0 Å². The lowest BCUT2D eigenvalue weighted by Gasteiger charge is -2.20. The zero-order valence-corrected chi connectivity index (χ0v) is 24.0. The van der Waals surface area contributed by atoms with E-state index in [0.717, 1.165) is 10.6 Å². The van der Waals surface area contributed by atoms with Crippen molar-refractivity contribution in [1.29, 1.82) is 0 Å². The molecule has 13 heteroatoms. The number of carbonyl (C=O) groups excluding carboxylic acids is 1. The summed E-state index contributed by atoms with van der Waals surface area (Å²) in [6.45, 7) is 0. The molecule has 0 saturated heterocycles. The van der Waals surface area contributed by atoms with Crippen LogP contribution in [0.1, 0.15) is 10.4 Å². The van der Waals surface area contributed by atoms with Crippen molar-refractivity contribution < 1.29 is 27.1 Å². The Bertz CT molecular complexity index is 2170. The molecule has 43 heavy (non-hydrogen) atoms. The third-order valence-electron chi connectivity index (χ3n) is 7.19. The van der Waals surface area contributed by atoms with E-state index >= 15 is 0 Å². The molecule has 0 aliphatic rings. The molecule has 11 nitrogen and oxygen atoms in total. The van der Waals surface area contributed by atoms with Gasteiger partial charge in [0.25, 0.3) is 5.91 Å². The number of hydrogen-bond donors (Lipinski definition) is 4. The predicted molar refractivity (Wildman–Crippen MR) is 163 cm³/mol. The lowest BCUT2D eigenvalue weighted by Crippen LogP contribution is -2.25. The highest BCUT2D eigenvalue weighted by atomic mass is 32.2. The number of pyridine rings is 2. The number of carbonyl (C=O) groups is 1. The van der Waals surface area contributed by atoms with Crippen LogP contribution in [-0.2, 0) is 10.0 Å². The second kappa shape index (κ2) is 10.1. The number of furan rings is 1. The second-order valence-electron chi connectivity index (χ2n) is 9.89. The highest BCUT2D eigenvalue weighted by molar-refractivity contribution is 7.92. The first-order valence-corrected chi connectivity index (χ1v) is 14.8. The van der Waals surface area contributed by atoms with Gasteiger partial charge >= 0.3 is 0 Å². The van der Waals surface area contributed by atoms with Gasteiger partial charge in [0, 0.05) is 48.3 Å². The Hall–Kier alpha value is -5.43. The molecule has 0 bridgehead atoms. The van der Waals surface area contributed by atoms with Gasteiger partial charge in [-0.25, -0.2) is 22.8 Å². The van der Waals surface area contributed by atoms with Crippen LogP contribution in [0.3, 0.4) is 0 Å². The van der Waals surface area contributed by atoms with Gasteiger partial charge in [0.05, 0.1) is 34.4 Å². The Morgan fingerprint density at radius 2 is 1.84 bits per heavy atom.